The van der Waals surface area contributed by atoms with Gasteiger partial charge in [-0.05, 0) is 13.8 Å². The number of hydrogen-bond acceptors (Lipinski definition) is 5. The Morgan fingerprint density at radius 1 is 1.12 bits per heavy atom. The molecule has 0 unspecified atom stereocenters. The van der Waals surface area contributed by atoms with E-state index in [1.165, 1.54) is 6.92 Å². The second-order valence-electron chi connectivity index (χ2n) is 3.41. The van der Waals surface area contributed by atoms with Gasteiger partial charge in [0.2, 0.25) is 5.91 Å². The molecule has 1 rings (SSSR count). The average Bonchev–Trinajstić information content (AvgIpc) is 2.94. The van der Waals surface area contributed by atoms with Crippen LogP contribution >= 0.6 is 0 Å². The van der Waals surface area contributed by atoms with E-state index in [-0.39, 0.29) is 25.7 Å². The van der Waals surface area contributed by atoms with Crippen molar-refractivity contribution in [3.05, 3.63) is 0 Å². The summed E-state index contributed by atoms with van der Waals surface area (Å²) in [5.41, 5.74) is -1.53. The lowest BCUT2D eigenvalue weighted by Gasteiger charge is -2.13. The molecule has 6 nitrogen and oxygen atoms in total. The maximum Gasteiger partial charge on any atom is 0.345 e. The van der Waals surface area contributed by atoms with Crippen LogP contribution in [0.15, 0.2) is 0 Å². The fourth-order valence-electron chi connectivity index (χ4n) is 1.51. The van der Waals surface area contributed by atoms with Gasteiger partial charge in [0, 0.05) is 6.92 Å². The summed E-state index contributed by atoms with van der Waals surface area (Å²) in [6.45, 7) is 4.92. The third-order valence-electron chi connectivity index (χ3n) is 2.35. The van der Waals surface area contributed by atoms with Crippen molar-refractivity contribution < 1.29 is 23.9 Å². The van der Waals surface area contributed by atoms with Crippen molar-refractivity contribution in [1.29, 1.82) is 0 Å². The van der Waals surface area contributed by atoms with Crippen molar-refractivity contribution >= 4 is 17.8 Å². The molecule has 16 heavy (non-hydrogen) atoms. The maximum absolute atomic E-state index is 11.6. The van der Waals surface area contributed by atoms with Crippen LogP contribution in [0.25, 0.3) is 0 Å². The third kappa shape index (κ3) is 1.87. The molecule has 1 fully saturated rings. The summed E-state index contributed by atoms with van der Waals surface area (Å²) in [6, 6.07) is 0. The van der Waals surface area contributed by atoms with E-state index in [0.717, 1.165) is 4.90 Å². The molecule has 0 radical (unpaired) electrons. The molecule has 0 bridgehead atoms. The largest absolute Gasteiger partial charge is 0.464 e. The first-order chi connectivity index (χ1) is 7.50. The molecule has 1 saturated heterocycles. The molecule has 1 heterocycles. The molecule has 0 spiro atoms. The molecule has 0 N–H and O–H groups in total. The summed E-state index contributed by atoms with van der Waals surface area (Å²) >= 11 is 0. The Labute approximate surface area is 93.5 Å². The minimum Gasteiger partial charge on any atom is -0.464 e. The van der Waals surface area contributed by atoms with Gasteiger partial charge in [0.15, 0.2) is 0 Å². The summed E-state index contributed by atoms with van der Waals surface area (Å²) in [7, 11) is 0. The zero-order valence-corrected chi connectivity index (χ0v) is 9.61. The van der Waals surface area contributed by atoms with Crippen LogP contribution in [0.4, 0.5) is 0 Å². The number of hydrogen-bond donors (Lipinski definition) is 0. The number of ether oxygens (including phenoxy) is 2. The maximum atomic E-state index is 11.6. The van der Waals surface area contributed by atoms with Gasteiger partial charge in [-0.25, -0.2) is 9.59 Å². The fraction of sp³-hybridized carbons (Fsp3) is 0.700. The van der Waals surface area contributed by atoms with E-state index in [2.05, 4.69) is 0 Å². The Morgan fingerprint density at radius 3 is 1.81 bits per heavy atom. The molecule has 0 aromatic heterocycles. The van der Waals surface area contributed by atoms with Crippen LogP contribution in [0.3, 0.4) is 0 Å². The van der Waals surface area contributed by atoms with Gasteiger partial charge < -0.3 is 14.4 Å². The van der Waals surface area contributed by atoms with Gasteiger partial charge in [-0.2, -0.15) is 0 Å². The molecule has 6 heteroatoms. The predicted octanol–water partition coefficient (Wildman–Crippen LogP) is -0.287. The Kier molecular flexibility index (Phi) is 3.51. The molecule has 0 aromatic carbocycles. The van der Waals surface area contributed by atoms with Crippen molar-refractivity contribution in [2.75, 3.05) is 19.8 Å². The number of amides is 1. The summed E-state index contributed by atoms with van der Waals surface area (Å²) in [4.78, 5) is 35.6. The summed E-state index contributed by atoms with van der Waals surface area (Å²) in [5.74, 6) is -1.78. The highest BCUT2D eigenvalue weighted by atomic mass is 16.6. The van der Waals surface area contributed by atoms with E-state index in [0.29, 0.717) is 0 Å². The quantitative estimate of drug-likeness (QED) is 0.376. The predicted molar refractivity (Wildman–Crippen MR) is 53.4 cm³/mol. The van der Waals surface area contributed by atoms with Gasteiger partial charge in [-0.3, -0.25) is 4.79 Å². The van der Waals surface area contributed by atoms with Crippen LogP contribution in [0.1, 0.15) is 20.8 Å². The Bertz CT molecular complexity index is 307. The van der Waals surface area contributed by atoms with E-state index in [4.69, 9.17) is 9.47 Å². The van der Waals surface area contributed by atoms with Crippen molar-refractivity contribution in [2.24, 2.45) is 0 Å². The molecule has 0 aromatic rings. The Morgan fingerprint density at radius 2 is 1.56 bits per heavy atom. The number of rotatable bonds is 4. The molecule has 0 saturated carbocycles. The molecule has 1 aliphatic heterocycles. The molecule has 90 valence electrons. The highest BCUT2D eigenvalue weighted by Gasteiger charge is 2.68. The average molecular weight is 229 g/mol. The standard InChI is InChI=1S/C10H15NO5/c1-4-15-8(13)10(9(14)16-5-2)6-11(10)7(3)12/h4-6H2,1-3H3. The third-order valence-corrected chi connectivity index (χ3v) is 2.35. The van der Waals surface area contributed by atoms with Gasteiger partial charge in [-0.15, -0.1) is 0 Å². The minimum atomic E-state index is -1.53. The van der Waals surface area contributed by atoms with Crippen molar-refractivity contribution in [3.8, 4) is 0 Å². The molecule has 0 aliphatic carbocycles. The molecular formula is C10H15NO5. The lowest BCUT2D eigenvalue weighted by molar-refractivity contribution is -0.162. The van der Waals surface area contributed by atoms with Crippen molar-refractivity contribution in [1.82, 2.24) is 4.90 Å². The minimum absolute atomic E-state index is 0.0417. The summed E-state index contributed by atoms with van der Waals surface area (Å²) in [6.07, 6.45) is 0. The Hall–Kier alpha value is -1.59. The smallest absolute Gasteiger partial charge is 0.345 e. The second-order valence-corrected chi connectivity index (χ2v) is 3.41. The molecule has 0 atom stereocenters. The van der Waals surface area contributed by atoms with E-state index < -0.39 is 17.5 Å². The lowest BCUT2D eigenvalue weighted by Crippen LogP contribution is -2.42. The normalized spacial score (nSPS) is 16.6. The Balaban J connectivity index is 2.85. The van der Waals surface area contributed by atoms with Gasteiger partial charge in [0.1, 0.15) is 0 Å². The van der Waals surface area contributed by atoms with E-state index in [1.807, 2.05) is 0 Å². The topological polar surface area (TPSA) is 72.7 Å². The van der Waals surface area contributed by atoms with Crippen molar-refractivity contribution in [3.63, 3.8) is 0 Å². The van der Waals surface area contributed by atoms with Crippen LogP contribution in [-0.2, 0) is 23.9 Å². The number of esters is 2. The van der Waals surface area contributed by atoms with E-state index >= 15 is 0 Å². The summed E-state index contributed by atoms with van der Waals surface area (Å²) in [5, 5.41) is 0. The van der Waals surface area contributed by atoms with Crippen LogP contribution in [0, 0.1) is 0 Å². The molecular weight excluding hydrogens is 214 g/mol. The van der Waals surface area contributed by atoms with Crippen LogP contribution in [0.5, 0.6) is 0 Å². The number of carbonyl (C=O) groups is 3. The monoisotopic (exact) mass is 229 g/mol. The van der Waals surface area contributed by atoms with Crippen LogP contribution in [-0.4, -0.2) is 48.0 Å². The van der Waals surface area contributed by atoms with E-state index in [1.54, 1.807) is 13.8 Å². The number of nitrogens with zero attached hydrogens (tertiary/aromatic N) is 1. The van der Waals surface area contributed by atoms with Crippen LogP contribution < -0.4 is 0 Å². The first-order valence-corrected chi connectivity index (χ1v) is 5.13. The highest BCUT2D eigenvalue weighted by Crippen LogP contribution is 2.35. The summed E-state index contributed by atoms with van der Waals surface area (Å²) < 4.78 is 9.57. The van der Waals surface area contributed by atoms with Gasteiger partial charge >= 0.3 is 11.9 Å². The van der Waals surface area contributed by atoms with E-state index in [9.17, 15) is 14.4 Å². The zero-order chi connectivity index (χ0) is 12.3. The fourth-order valence-corrected chi connectivity index (χ4v) is 1.51. The molecule has 1 aliphatic rings. The second kappa shape index (κ2) is 4.51. The van der Waals surface area contributed by atoms with Gasteiger partial charge in [0.25, 0.3) is 5.54 Å². The zero-order valence-electron chi connectivity index (χ0n) is 9.61. The molecule has 1 amide bonds. The van der Waals surface area contributed by atoms with Crippen molar-refractivity contribution in [2.45, 2.75) is 26.3 Å². The number of carbonyl (C=O) groups excluding carboxylic acids is 3. The van der Waals surface area contributed by atoms with Crippen LogP contribution in [0.2, 0.25) is 0 Å². The van der Waals surface area contributed by atoms with Gasteiger partial charge in [-0.1, -0.05) is 0 Å². The van der Waals surface area contributed by atoms with Gasteiger partial charge in [0.05, 0.1) is 19.8 Å². The first kappa shape index (κ1) is 12.5. The lowest BCUT2D eigenvalue weighted by atomic mass is 10.1. The SMILES string of the molecule is CCOC(=O)C1(C(=O)OCC)CN1C(C)=O. The highest BCUT2D eigenvalue weighted by molar-refractivity contribution is 6.12. The first-order valence-electron chi connectivity index (χ1n) is 5.13.